The average Bonchev–Trinajstić information content (AvgIpc) is 2.66. The van der Waals surface area contributed by atoms with Crippen LogP contribution in [0.5, 0.6) is 0 Å². The highest BCUT2D eigenvalue weighted by atomic mass is 15.0. The molecule has 0 radical (unpaired) electrons. The van der Waals surface area contributed by atoms with E-state index in [2.05, 4.69) is 36.3 Å². The Balaban J connectivity index is 1.95. The second-order valence-corrected chi connectivity index (χ2v) is 4.68. The van der Waals surface area contributed by atoms with E-state index in [1.165, 1.54) is 24.8 Å². The van der Waals surface area contributed by atoms with E-state index in [-0.39, 0.29) is 0 Å². The summed E-state index contributed by atoms with van der Waals surface area (Å²) in [5.41, 5.74) is 1.34. The van der Waals surface area contributed by atoms with Gasteiger partial charge in [-0.1, -0.05) is 13.3 Å². The first-order valence-corrected chi connectivity index (χ1v) is 5.93. The lowest BCUT2D eigenvalue weighted by molar-refractivity contribution is 0.388. The highest BCUT2D eigenvalue weighted by molar-refractivity contribution is 5.14. The van der Waals surface area contributed by atoms with Crippen molar-refractivity contribution in [3.63, 3.8) is 0 Å². The highest BCUT2D eigenvalue weighted by Crippen LogP contribution is 2.27. The first kappa shape index (κ1) is 10.6. The summed E-state index contributed by atoms with van der Waals surface area (Å²) in [6.07, 6.45) is 7.82. The molecular formula is C13H20N2. The van der Waals surface area contributed by atoms with Crippen LogP contribution in [0.3, 0.4) is 0 Å². The van der Waals surface area contributed by atoms with Gasteiger partial charge in [0.05, 0.1) is 0 Å². The molecule has 1 fully saturated rings. The molecule has 0 saturated heterocycles. The number of aromatic nitrogens is 1. The van der Waals surface area contributed by atoms with E-state index in [1.54, 1.807) is 0 Å². The van der Waals surface area contributed by atoms with Crippen LogP contribution in [0.2, 0.25) is 0 Å². The molecule has 2 nitrogen and oxygen atoms in total. The van der Waals surface area contributed by atoms with Crippen molar-refractivity contribution in [2.75, 3.05) is 0 Å². The molecule has 1 N–H and O–H groups in total. The standard InChI is InChI=1S/C13H20N2/c1-10-4-3-5-13(10)15-11(2)12-6-8-14-9-7-12/h6-11,13,15H,3-5H2,1-2H3/t10-,11+,13+/m1/s1. The lowest BCUT2D eigenvalue weighted by Crippen LogP contribution is -2.33. The van der Waals surface area contributed by atoms with Crippen molar-refractivity contribution in [1.82, 2.24) is 10.3 Å². The Morgan fingerprint density at radius 1 is 1.33 bits per heavy atom. The SMILES string of the molecule is C[C@H](N[C@H]1CCC[C@H]1C)c1ccncc1. The second kappa shape index (κ2) is 4.75. The molecule has 0 aromatic carbocycles. The van der Waals surface area contributed by atoms with Crippen LogP contribution in [0.15, 0.2) is 24.5 Å². The molecule has 1 saturated carbocycles. The van der Waals surface area contributed by atoms with E-state index in [0.717, 1.165) is 5.92 Å². The number of nitrogens with zero attached hydrogens (tertiary/aromatic N) is 1. The van der Waals surface area contributed by atoms with Gasteiger partial charge < -0.3 is 5.32 Å². The summed E-state index contributed by atoms with van der Waals surface area (Å²) in [6.45, 7) is 4.59. The number of hydrogen-bond donors (Lipinski definition) is 1. The fourth-order valence-electron chi connectivity index (χ4n) is 2.46. The highest BCUT2D eigenvalue weighted by Gasteiger charge is 2.24. The van der Waals surface area contributed by atoms with E-state index in [1.807, 2.05) is 12.4 Å². The van der Waals surface area contributed by atoms with Gasteiger partial charge in [0.2, 0.25) is 0 Å². The van der Waals surface area contributed by atoms with Crippen LogP contribution in [0.25, 0.3) is 0 Å². The number of hydrogen-bond acceptors (Lipinski definition) is 2. The summed E-state index contributed by atoms with van der Waals surface area (Å²) < 4.78 is 0. The molecule has 0 bridgehead atoms. The normalized spacial score (nSPS) is 27.9. The molecule has 0 unspecified atom stereocenters. The summed E-state index contributed by atoms with van der Waals surface area (Å²) in [6, 6.07) is 5.33. The second-order valence-electron chi connectivity index (χ2n) is 4.68. The van der Waals surface area contributed by atoms with E-state index in [0.29, 0.717) is 12.1 Å². The van der Waals surface area contributed by atoms with Gasteiger partial charge in [-0.25, -0.2) is 0 Å². The minimum Gasteiger partial charge on any atom is -0.307 e. The van der Waals surface area contributed by atoms with Gasteiger partial charge in [0.15, 0.2) is 0 Å². The lowest BCUT2D eigenvalue weighted by Gasteiger charge is -2.23. The van der Waals surface area contributed by atoms with Gasteiger partial charge in [-0.05, 0) is 43.4 Å². The molecule has 1 aliphatic carbocycles. The zero-order chi connectivity index (χ0) is 10.7. The zero-order valence-corrected chi connectivity index (χ0v) is 9.61. The molecule has 1 aromatic heterocycles. The maximum Gasteiger partial charge on any atom is 0.0295 e. The van der Waals surface area contributed by atoms with Crippen LogP contribution in [0.1, 0.15) is 44.7 Å². The molecule has 3 atom stereocenters. The van der Waals surface area contributed by atoms with Crippen LogP contribution in [0.4, 0.5) is 0 Å². The van der Waals surface area contributed by atoms with Crippen LogP contribution >= 0.6 is 0 Å². The van der Waals surface area contributed by atoms with Crippen molar-refractivity contribution in [2.24, 2.45) is 5.92 Å². The van der Waals surface area contributed by atoms with Gasteiger partial charge >= 0.3 is 0 Å². The van der Waals surface area contributed by atoms with Gasteiger partial charge in [0, 0.05) is 24.5 Å². The predicted molar refractivity (Wildman–Crippen MR) is 62.6 cm³/mol. The summed E-state index contributed by atoms with van der Waals surface area (Å²) in [5.74, 6) is 0.828. The fraction of sp³-hybridized carbons (Fsp3) is 0.615. The maximum absolute atomic E-state index is 4.05. The topological polar surface area (TPSA) is 24.9 Å². The number of rotatable bonds is 3. The van der Waals surface area contributed by atoms with E-state index >= 15 is 0 Å². The molecule has 1 heterocycles. The van der Waals surface area contributed by atoms with E-state index < -0.39 is 0 Å². The first-order chi connectivity index (χ1) is 7.27. The third kappa shape index (κ3) is 2.57. The van der Waals surface area contributed by atoms with Crippen molar-refractivity contribution in [3.8, 4) is 0 Å². The number of nitrogens with one attached hydrogen (secondary N) is 1. The van der Waals surface area contributed by atoms with E-state index in [4.69, 9.17) is 0 Å². The van der Waals surface area contributed by atoms with Crippen LogP contribution in [0, 0.1) is 5.92 Å². The maximum atomic E-state index is 4.05. The fourth-order valence-corrected chi connectivity index (χ4v) is 2.46. The molecule has 2 rings (SSSR count). The monoisotopic (exact) mass is 204 g/mol. The molecule has 2 heteroatoms. The smallest absolute Gasteiger partial charge is 0.0295 e. The molecular weight excluding hydrogens is 184 g/mol. The molecule has 0 aliphatic heterocycles. The summed E-state index contributed by atoms with van der Waals surface area (Å²) in [4.78, 5) is 4.05. The van der Waals surface area contributed by atoms with Gasteiger partial charge in [0.1, 0.15) is 0 Å². The van der Waals surface area contributed by atoms with Crippen LogP contribution in [-0.2, 0) is 0 Å². The van der Waals surface area contributed by atoms with Crippen LogP contribution < -0.4 is 5.32 Å². The third-order valence-electron chi connectivity index (χ3n) is 3.53. The van der Waals surface area contributed by atoms with Crippen LogP contribution in [-0.4, -0.2) is 11.0 Å². The Labute approximate surface area is 92.1 Å². The molecule has 1 aromatic rings. The Kier molecular flexibility index (Phi) is 3.37. The molecule has 15 heavy (non-hydrogen) atoms. The minimum absolute atomic E-state index is 0.443. The number of pyridine rings is 1. The van der Waals surface area contributed by atoms with Gasteiger partial charge in [-0.2, -0.15) is 0 Å². The van der Waals surface area contributed by atoms with Crippen molar-refractivity contribution < 1.29 is 0 Å². The summed E-state index contributed by atoms with van der Waals surface area (Å²) in [7, 11) is 0. The van der Waals surface area contributed by atoms with Crippen molar-refractivity contribution in [2.45, 2.75) is 45.2 Å². The Bertz CT molecular complexity index is 297. The molecule has 0 amide bonds. The molecule has 0 spiro atoms. The third-order valence-corrected chi connectivity index (χ3v) is 3.53. The quantitative estimate of drug-likeness (QED) is 0.819. The molecule has 82 valence electrons. The Hall–Kier alpha value is -0.890. The van der Waals surface area contributed by atoms with Gasteiger partial charge in [0.25, 0.3) is 0 Å². The minimum atomic E-state index is 0.443. The zero-order valence-electron chi connectivity index (χ0n) is 9.61. The Morgan fingerprint density at radius 2 is 2.07 bits per heavy atom. The summed E-state index contributed by atoms with van der Waals surface area (Å²) in [5, 5.41) is 3.72. The summed E-state index contributed by atoms with van der Waals surface area (Å²) >= 11 is 0. The van der Waals surface area contributed by atoms with Gasteiger partial charge in [-0.3, -0.25) is 4.98 Å². The van der Waals surface area contributed by atoms with Crippen molar-refractivity contribution >= 4 is 0 Å². The Morgan fingerprint density at radius 3 is 2.67 bits per heavy atom. The van der Waals surface area contributed by atoms with Crippen molar-refractivity contribution in [3.05, 3.63) is 30.1 Å². The average molecular weight is 204 g/mol. The van der Waals surface area contributed by atoms with E-state index in [9.17, 15) is 0 Å². The largest absolute Gasteiger partial charge is 0.307 e. The lowest BCUT2D eigenvalue weighted by atomic mass is 10.0. The van der Waals surface area contributed by atoms with Gasteiger partial charge in [-0.15, -0.1) is 0 Å². The predicted octanol–water partition coefficient (Wildman–Crippen LogP) is 2.92. The first-order valence-electron chi connectivity index (χ1n) is 5.93. The molecule has 1 aliphatic rings. The van der Waals surface area contributed by atoms with Crippen molar-refractivity contribution in [1.29, 1.82) is 0 Å².